The Kier molecular flexibility index (Phi) is 6.38. The van der Waals surface area contributed by atoms with Gasteiger partial charge in [-0.2, -0.15) is 0 Å². The van der Waals surface area contributed by atoms with E-state index in [0.717, 1.165) is 5.56 Å². The Morgan fingerprint density at radius 3 is 2.00 bits per heavy atom. The third-order valence-electron chi connectivity index (χ3n) is 2.60. The van der Waals surface area contributed by atoms with Gasteiger partial charge in [0.1, 0.15) is 0 Å². The molecule has 0 atom stereocenters. The second-order valence-electron chi connectivity index (χ2n) is 3.94. The fourth-order valence-corrected chi connectivity index (χ4v) is 1.86. The first-order valence-corrected chi connectivity index (χ1v) is 5.96. The Labute approximate surface area is 139 Å². The number of benzene rings is 2. The van der Waals surface area contributed by atoms with E-state index in [9.17, 15) is 9.90 Å². The topological polar surface area (TPSA) is 40.1 Å². The molecule has 0 aliphatic rings. The van der Waals surface area contributed by atoms with Gasteiger partial charge < -0.3 is 5.11 Å². The van der Waals surface area contributed by atoms with Gasteiger partial charge in [0.05, 0.1) is 0 Å². The standard InChI is InChI=1S/C15H12O2S.Na/c16-14(18)10-11-6-8-13(9-7-11)15(17)12-4-2-1-3-5-12;/h1-9H,10H2,(H,16,18);/q;+1/p-1. The Morgan fingerprint density at radius 1 is 0.947 bits per heavy atom. The van der Waals surface area contributed by atoms with E-state index in [1.807, 2.05) is 18.2 Å². The van der Waals surface area contributed by atoms with Gasteiger partial charge >= 0.3 is 29.6 Å². The van der Waals surface area contributed by atoms with E-state index in [1.54, 1.807) is 36.4 Å². The van der Waals surface area contributed by atoms with Gasteiger partial charge in [-0.25, -0.2) is 0 Å². The van der Waals surface area contributed by atoms with Crippen molar-refractivity contribution < 1.29 is 39.5 Å². The summed E-state index contributed by atoms with van der Waals surface area (Å²) in [6.07, 6.45) is 0.231. The van der Waals surface area contributed by atoms with Crippen LogP contribution in [0.4, 0.5) is 0 Å². The molecule has 2 aromatic rings. The maximum atomic E-state index is 12.1. The summed E-state index contributed by atoms with van der Waals surface area (Å²) in [6, 6.07) is 16.1. The third-order valence-corrected chi connectivity index (χ3v) is 2.74. The van der Waals surface area contributed by atoms with Gasteiger partial charge in [0.2, 0.25) is 0 Å². The Balaban J connectivity index is 0.00000180. The predicted octanol–water partition coefficient (Wildman–Crippen LogP) is -0.848. The van der Waals surface area contributed by atoms with Gasteiger partial charge in [0.15, 0.2) is 5.78 Å². The molecule has 0 aliphatic heterocycles. The van der Waals surface area contributed by atoms with Crippen LogP contribution >= 0.6 is 12.2 Å². The van der Waals surface area contributed by atoms with Crippen LogP contribution in [0.25, 0.3) is 0 Å². The van der Waals surface area contributed by atoms with Crippen LogP contribution in [0.15, 0.2) is 54.6 Å². The number of hydrogen-bond acceptors (Lipinski definition) is 3. The minimum absolute atomic E-state index is 0. The van der Waals surface area contributed by atoms with Crippen molar-refractivity contribution in [3.05, 3.63) is 71.3 Å². The van der Waals surface area contributed by atoms with Gasteiger partial charge in [-0.3, -0.25) is 4.79 Å². The smallest absolute Gasteiger partial charge is 0.867 e. The largest absolute Gasteiger partial charge is 1.00 e. The monoisotopic (exact) mass is 278 g/mol. The van der Waals surface area contributed by atoms with E-state index in [1.165, 1.54) is 0 Å². The van der Waals surface area contributed by atoms with Crippen LogP contribution < -0.4 is 34.7 Å². The van der Waals surface area contributed by atoms with Crippen molar-refractivity contribution in [1.82, 2.24) is 0 Å². The maximum absolute atomic E-state index is 12.1. The van der Waals surface area contributed by atoms with Crippen LogP contribution in [0.3, 0.4) is 0 Å². The van der Waals surface area contributed by atoms with Crippen molar-refractivity contribution in [1.29, 1.82) is 0 Å². The Morgan fingerprint density at radius 2 is 1.47 bits per heavy atom. The molecule has 0 saturated carbocycles. The van der Waals surface area contributed by atoms with Gasteiger partial charge in [0, 0.05) is 11.1 Å². The summed E-state index contributed by atoms with van der Waals surface area (Å²) >= 11 is 4.52. The van der Waals surface area contributed by atoms with Gasteiger partial charge in [-0.15, -0.1) is 12.2 Å². The number of carbonyl (C=O) groups is 1. The van der Waals surface area contributed by atoms with Gasteiger partial charge in [0.25, 0.3) is 0 Å². The first-order chi connectivity index (χ1) is 8.66. The first kappa shape index (κ1) is 16.1. The fourth-order valence-electron chi connectivity index (χ4n) is 1.70. The van der Waals surface area contributed by atoms with Crippen LogP contribution in [0.1, 0.15) is 21.5 Å². The summed E-state index contributed by atoms with van der Waals surface area (Å²) in [5.74, 6) is -0.0214. The van der Waals surface area contributed by atoms with Crippen LogP contribution in [0.5, 0.6) is 0 Å². The molecule has 0 bridgehead atoms. The van der Waals surface area contributed by atoms with Crippen LogP contribution in [-0.2, 0) is 6.42 Å². The average molecular weight is 278 g/mol. The molecule has 0 unspecified atom stereocenters. The summed E-state index contributed by atoms with van der Waals surface area (Å²) in [4.78, 5) is 12.1. The number of hydrogen-bond donors (Lipinski definition) is 0. The van der Waals surface area contributed by atoms with Crippen LogP contribution in [0, 0.1) is 0 Å². The van der Waals surface area contributed by atoms with Crippen molar-refractivity contribution in [3.8, 4) is 0 Å². The molecule has 0 saturated heterocycles. The van der Waals surface area contributed by atoms with Crippen molar-refractivity contribution in [2.24, 2.45) is 0 Å². The van der Waals surface area contributed by atoms with E-state index in [4.69, 9.17) is 0 Å². The molecule has 0 amide bonds. The molecule has 19 heavy (non-hydrogen) atoms. The zero-order valence-electron chi connectivity index (χ0n) is 10.6. The van der Waals surface area contributed by atoms with Crippen molar-refractivity contribution >= 4 is 23.1 Å². The minimum atomic E-state index is -0.294. The molecule has 0 aromatic heterocycles. The van der Waals surface area contributed by atoms with Gasteiger partial charge in [-0.05, 0) is 12.0 Å². The Bertz CT molecular complexity index is 564. The molecule has 2 aromatic carbocycles. The average Bonchev–Trinajstić information content (AvgIpc) is 2.39. The summed E-state index contributed by atoms with van der Waals surface area (Å²) in [7, 11) is 0. The normalized spacial score (nSPS) is 9.47. The number of ketones is 1. The number of carbonyl (C=O) groups excluding carboxylic acids is 1. The number of thiocarbonyl (C=S) groups is 1. The molecule has 0 aliphatic carbocycles. The molecule has 90 valence electrons. The van der Waals surface area contributed by atoms with Crippen molar-refractivity contribution in [2.45, 2.75) is 6.42 Å². The fraction of sp³-hybridized carbons (Fsp3) is 0.0667. The molecular weight excluding hydrogens is 267 g/mol. The zero-order valence-corrected chi connectivity index (χ0v) is 13.4. The molecule has 0 spiro atoms. The second kappa shape index (κ2) is 7.56. The van der Waals surface area contributed by atoms with Crippen molar-refractivity contribution in [2.75, 3.05) is 0 Å². The SMILES string of the molecule is O=C(c1ccccc1)c1ccc(CC([O-])=S)cc1.[Na+]. The molecule has 0 heterocycles. The van der Waals surface area contributed by atoms with Gasteiger partial charge in [-0.1, -0.05) is 59.6 Å². The molecule has 4 heteroatoms. The molecule has 0 N–H and O–H groups in total. The summed E-state index contributed by atoms with van der Waals surface area (Å²) in [6.45, 7) is 0. The molecule has 0 fully saturated rings. The second-order valence-corrected chi connectivity index (χ2v) is 4.40. The van der Waals surface area contributed by atoms with E-state index >= 15 is 0 Å². The zero-order chi connectivity index (χ0) is 13.0. The Hall–Kier alpha value is -1.000. The first-order valence-electron chi connectivity index (χ1n) is 5.55. The number of rotatable bonds is 4. The quantitative estimate of drug-likeness (QED) is 0.416. The van der Waals surface area contributed by atoms with Crippen LogP contribution in [0.2, 0.25) is 0 Å². The summed E-state index contributed by atoms with van der Waals surface area (Å²) < 4.78 is 0. The van der Waals surface area contributed by atoms with E-state index in [2.05, 4.69) is 12.2 Å². The van der Waals surface area contributed by atoms with E-state index in [0.29, 0.717) is 11.1 Å². The summed E-state index contributed by atoms with van der Waals surface area (Å²) in [5.41, 5.74) is 2.10. The molecule has 2 rings (SSSR count). The minimum Gasteiger partial charge on any atom is -0.867 e. The predicted molar refractivity (Wildman–Crippen MR) is 72.6 cm³/mol. The molecule has 0 radical (unpaired) electrons. The summed E-state index contributed by atoms with van der Waals surface area (Å²) in [5, 5.41) is 10.5. The molecule has 2 nitrogen and oxygen atoms in total. The van der Waals surface area contributed by atoms with Crippen LogP contribution in [-0.4, -0.2) is 10.8 Å². The van der Waals surface area contributed by atoms with Crippen molar-refractivity contribution in [3.63, 3.8) is 0 Å². The van der Waals surface area contributed by atoms with E-state index < -0.39 is 0 Å². The molecular formula is C15H11NaO2S. The van der Waals surface area contributed by atoms with E-state index in [-0.39, 0.29) is 46.8 Å². The maximum Gasteiger partial charge on any atom is 1.00 e. The third kappa shape index (κ3) is 4.55.